The third kappa shape index (κ3) is 17.3. The van der Waals surface area contributed by atoms with E-state index < -0.39 is 64.5 Å². The third-order valence-electron chi connectivity index (χ3n) is 9.68. The number of halogens is 3. The van der Waals surface area contributed by atoms with Gasteiger partial charge in [-0.1, -0.05) is 92.0 Å². The number of ketones is 1. The number of unbranched alkanes of at least 4 members (excludes halogenated alkanes) is 1. The van der Waals surface area contributed by atoms with Crippen LogP contribution in [0, 0.1) is 17.3 Å². The fraction of sp³-hybridized carbons (Fsp3) is 0.675. The van der Waals surface area contributed by atoms with E-state index in [0.717, 1.165) is 50.0 Å². The molecule has 0 bridgehead atoms. The summed E-state index contributed by atoms with van der Waals surface area (Å²) in [6.07, 6.45) is 0.234. The molecular formula is C40H64F3N5O6S. The Labute approximate surface area is 328 Å². The maximum absolute atomic E-state index is 13.8. The summed E-state index contributed by atoms with van der Waals surface area (Å²) in [5.74, 6) is -0.840. The summed E-state index contributed by atoms with van der Waals surface area (Å²) in [4.78, 5) is 62.9. The Balaban J connectivity index is 0.000000707. The van der Waals surface area contributed by atoms with Gasteiger partial charge in [0.25, 0.3) is 5.91 Å². The van der Waals surface area contributed by atoms with Crippen molar-refractivity contribution in [3.63, 3.8) is 0 Å². The van der Waals surface area contributed by atoms with Gasteiger partial charge in [0, 0.05) is 30.4 Å². The van der Waals surface area contributed by atoms with Crippen LogP contribution in [0.25, 0.3) is 0 Å². The standard InChI is InChI=1S/C30H51N3O3S.C10H13F3N2O3/c1-9-11-18-30(17-10-2,21-37(36)25-15-13-12-14-16-25)32-28(35)31-26(29(6,7)8)27(34)33-20-24(22(3)4)19-23(33)5;1-2-5-14-9(18)8(17)7(15-6-16)3-4-10(11,12)13/h12-16,22-24,26H,9-11,17-21H2,1-8H3,(H2,31,32,35);2,6-7H,1,3-5H2,(H,14,18)(H,15,16). The molecule has 0 radical (unpaired) electrons. The summed E-state index contributed by atoms with van der Waals surface area (Å²) in [5.41, 5.74) is -1.06. The highest BCUT2D eigenvalue weighted by atomic mass is 32.2. The maximum atomic E-state index is 13.8. The van der Waals surface area contributed by atoms with E-state index in [1.54, 1.807) is 0 Å². The summed E-state index contributed by atoms with van der Waals surface area (Å²) >= 11 is 0. The Morgan fingerprint density at radius 2 is 1.65 bits per heavy atom. The van der Waals surface area contributed by atoms with Crippen LogP contribution in [0.5, 0.6) is 0 Å². The summed E-state index contributed by atoms with van der Waals surface area (Å²) in [6.45, 7) is 20.8. The van der Waals surface area contributed by atoms with Gasteiger partial charge < -0.3 is 26.2 Å². The van der Waals surface area contributed by atoms with Crippen molar-refractivity contribution in [2.24, 2.45) is 17.3 Å². The highest BCUT2D eigenvalue weighted by molar-refractivity contribution is 7.85. The normalized spacial score (nSPS) is 18.4. The van der Waals surface area contributed by atoms with Crippen LogP contribution in [0.1, 0.15) is 107 Å². The van der Waals surface area contributed by atoms with Gasteiger partial charge in [0.15, 0.2) is 0 Å². The second-order valence-corrected chi connectivity index (χ2v) is 17.2. The second-order valence-electron chi connectivity index (χ2n) is 15.8. The Hall–Kier alpha value is -3.75. The predicted octanol–water partition coefficient (Wildman–Crippen LogP) is 6.45. The molecule has 4 N–H and O–H groups in total. The average Bonchev–Trinajstić information content (AvgIpc) is 3.51. The summed E-state index contributed by atoms with van der Waals surface area (Å²) in [5, 5.41) is 10.3. The Morgan fingerprint density at radius 1 is 1.02 bits per heavy atom. The van der Waals surface area contributed by atoms with Crippen LogP contribution in [0.2, 0.25) is 0 Å². The van der Waals surface area contributed by atoms with E-state index in [0.29, 0.717) is 17.6 Å². The van der Waals surface area contributed by atoms with Crippen LogP contribution in [-0.2, 0) is 30.0 Å². The lowest BCUT2D eigenvalue weighted by molar-refractivity contribution is -0.144. The highest BCUT2D eigenvalue weighted by Gasteiger charge is 2.42. The molecule has 55 heavy (non-hydrogen) atoms. The first kappa shape index (κ1) is 49.3. The minimum absolute atomic E-state index is 0.0116. The molecule has 0 aromatic heterocycles. The zero-order chi connectivity index (χ0) is 42.0. The van der Waals surface area contributed by atoms with Crippen molar-refractivity contribution in [3.8, 4) is 0 Å². The van der Waals surface area contributed by atoms with Crippen molar-refractivity contribution in [1.29, 1.82) is 0 Å². The summed E-state index contributed by atoms with van der Waals surface area (Å²) < 4.78 is 49.3. The molecule has 6 atom stereocenters. The third-order valence-corrected chi connectivity index (χ3v) is 11.3. The minimum Gasteiger partial charge on any atom is -0.348 e. The molecule has 1 heterocycles. The van der Waals surface area contributed by atoms with Crippen molar-refractivity contribution in [3.05, 3.63) is 43.0 Å². The smallest absolute Gasteiger partial charge is 0.348 e. The first-order chi connectivity index (χ1) is 25.6. The SMILES string of the molecule is C=CCNC(=O)C(=O)C(CCC(F)(F)F)NC=O.CCCCC(CCC)(CS(=O)c1ccccc1)NC(=O)NC(C(=O)N1CC(C(C)C)CC1C)C(C)(C)C. The summed E-state index contributed by atoms with van der Waals surface area (Å²) in [6, 6.07) is 7.14. The van der Waals surface area contributed by atoms with Gasteiger partial charge in [-0.05, 0) is 62.0 Å². The molecule has 11 nitrogen and oxygen atoms in total. The molecule has 312 valence electrons. The van der Waals surface area contributed by atoms with Gasteiger partial charge in [-0.3, -0.25) is 23.4 Å². The molecule has 0 saturated carbocycles. The van der Waals surface area contributed by atoms with Crippen LogP contribution >= 0.6 is 0 Å². The number of hydrogen-bond acceptors (Lipinski definition) is 6. The van der Waals surface area contributed by atoms with Crippen LogP contribution in [0.4, 0.5) is 18.0 Å². The van der Waals surface area contributed by atoms with Crippen molar-refractivity contribution < 1.29 is 41.4 Å². The molecule has 15 heteroatoms. The van der Waals surface area contributed by atoms with Crippen LogP contribution in [-0.4, -0.2) is 87.8 Å². The lowest BCUT2D eigenvalue weighted by atomic mass is 9.85. The average molecular weight is 800 g/mol. The fourth-order valence-corrected chi connectivity index (χ4v) is 8.00. The first-order valence-corrected chi connectivity index (χ1v) is 20.5. The van der Waals surface area contributed by atoms with Gasteiger partial charge in [-0.25, -0.2) is 4.79 Å². The Morgan fingerprint density at radius 3 is 2.15 bits per heavy atom. The van der Waals surface area contributed by atoms with E-state index in [-0.39, 0.29) is 30.9 Å². The lowest BCUT2D eigenvalue weighted by Gasteiger charge is -2.38. The molecule has 1 saturated heterocycles. The number of carbonyl (C=O) groups excluding carboxylic acids is 5. The number of nitrogens with zero attached hydrogens (tertiary/aromatic N) is 1. The maximum Gasteiger partial charge on any atom is 0.389 e. The molecular weight excluding hydrogens is 736 g/mol. The molecule has 1 aromatic rings. The molecule has 1 aromatic carbocycles. The van der Waals surface area contributed by atoms with E-state index >= 15 is 0 Å². The van der Waals surface area contributed by atoms with Gasteiger partial charge in [-0.2, -0.15) is 13.2 Å². The number of alkyl halides is 3. The van der Waals surface area contributed by atoms with Crippen molar-refractivity contribution in [1.82, 2.24) is 26.2 Å². The lowest BCUT2D eigenvalue weighted by Crippen LogP contribution is -2.61. The number of hydrogen-bond donors (Lipinski definition) is 4. The zero-order valence-electron chi connectivity index (χ0n) is 33.9. The zero-order valence-corrected chi connectivity index (χ0v) is 34.7. The number of nitrogens with one attached hydrogen (secondary N) is 4. The molecule has 2 rings (SSSR count). The van der Waals surface area contributed by atoms with E-state index in [9.17, 15) is 41.4 Å². The molecule has 6 unspecified atom stereocenters. The molecule has 1 aliphatic rings. The molecule has 1 fully saturated rings. The van der Waals surface area contributed by atoms with E-state index in [1.807, 2.05) is 61.3 Å². The van der Waals surface area contributed by atoms with Crippen LogP contribution in [0.15, 0.2) is 47.9 Å². The van der Waals surface area contributed by atoms with Gasteiger partial charge in [-0.15, -0.1) is 6.58 Å². The van der Waals surface area contributed by atoms with E-state index in [2.05, 4.69) is 57.1 Å². The summed E-state index contributed by atoms with van der Waals surface area (Å²) in [7, 11) is -1.25. The fourth-order valence-electron chi connectivity index (χ4n) is 6.51. The van der Waals surface area contributed by atoms with E-state index in [4.69, 9.17) is 0 Å². The second kappa shape index (κ2) is 23.3. The number of benzene rings is 1. The number of amides is 5. The van der Waals surface area contributed by atoms with Gasteiger partial charge in [0.2, 0.25) is 18.1 Å². The highest BCUT2D eigenvalue weighted by Crippen LogP contribution is 2.32. The topological polar surface area (TPSA) is 154 Å². The van der Waals surface area contributed by atoms with Crippen molar-refractivity contribution in [2.45, 2.75) is 141 Å². The molecule has 0 aliphatic carbocycles. The number of urea groups is 1. The van der Waals surface area contributed by atoms with Gasteiger partial charge in [0.1, 0.15) is 6.04 Å². The predicted molar refractivity (Wildman–Crippen MR) is 210 cm³/mol. The van der Waals surface area contributed by atoms with Gasteiger partial charge >= 0.3 is 12.2 Å². The number of rotatable bonds is 20. The Kier molecular flexibility index (Phi) is 20.9. The largest absolute Gasteiger partial charge is 0.389 e. The minimum atomic E-state index is -4.46. The number of carbonyl (C=O) groups is 5. The van der Waals surface area contributed by atoms with Crippen molar-refractivity contribution >= 4 is 40.8 Å². The Bertz CT molecular complexity index is 1420. The first-order valence-electron chi connectivity index (χ1n) is 19.2. The molecule has 5 amide bonds. The van der Waals surface area contributed by atoms with Crippen molar-refractivity contribution in [2.75, 3.05) is 18.8 Å². The van der Waals surface area contributed by atoms with Crippen LogP contribution in [0.3, 0.4) is 0 Å². The van der Waals surface area contributed by atoms with E-state index in [1.165, 1.54) is 6.08 Å². The monoisotopic (exact) mass is 799 g/mol. The number of Topliss-reactive ketones (excluding diaryl/α,β-unsaturated/α-hetero) is 1. The quantitative estimate of drug-likeness (QED) is 0.0677. The molecule has 0 spiro atoms. The number of likely N-dealkylation sites (tertiary alicyclic amines) is 1. The van der Waals surface area contributed by atoms with Gasteiger partial charge in [0.05, 0.1) is 28.1 Å². The molecule has 1 aliphatic heterocycles. The van der Waals surface area contributed by atoms with Crippen LogP contribution < -0.4 is 21.3 Å².